The van der Waals surface area contributed by atoms with Gasteiger partial charge in [0.1, 0.15) is 12.4 Å². The highest BCUT2D eigenvalue weighted by atomic mass is 35.5. The number of carboxylic acid groups (broad SMARTS) is 1. The van der Waals surface area contributed by atoms with E-state index in [1.165, 1.54) is 12.1 Å². The molecule has 0 radical (unpaired) electrons. The van der Waals surface area contributed by atoms with E-state index in [0.717, 1.165) is 11.4 Å². The summed E-state index contributed by atoms with van der Waals surface area (Å²) in [6.07, 6.45) is 0. The molecule has 0 saturated heterocycles. The first-order valence-corrected chi connectivity index (χ1v) is 6.58. The lowest BCUT2D eigenvalue weighted by molar-refractivity contribution is 0.0696. The summed E-state index contributed by atoms with van der Waals surface area (Å²) in [5.74, 6) is -0.495. The van der Waals surface area contributed by atoms with E-state index < -0.39 is 5.97 Å². The molecule has 0 amide bonds. The van der Waals surface area contributed by atoms with Crippen LogP contribution in [0.4, 0.5) is 0 Å². The van der Waals surface area contributed by atoms with Crippen molar-refractivity contribution in [2.24, 2.45) is 0 Å². The van der Waals surface area contributed by atoms with Crippen LogP contribution in [0.3, 0.4) is 0 Å². The topological polar surface area (TPSA) is 64.4 Å². The number of aryl methyl sites for hydroxylation is 2. The molecule has 0 bridgehead atoms. The van der Waals surface area contributed by atoms with Gasteiger partial charge in [-0.05, 0) is 32.0 Å². The van der Waals surface area contributed by atoms with E-state index in [2.05, 4.69) is 5.10 Å². The molecule has 0 atom stereocenters. The fraction of sp³-hybridized carbons (Fsp3) is 0.286. The Bertz CT molecular complexity index is 637. The molecule has 0 aliphatic carbocycles. The van der Waals surface area contributed by atoms with Crippen LogP contribution in [-0.2, 0) is 13.2 Å². The summed E-state index contributed by atoms with van der Waals surface area (Å²) in [5, 5.41) is 13.8. The molecule has 1 heterocycles. The van der Waals surface area contributed by atoms with Crippen molar-refractivity contribution in [1.29, 1.82) is 0 Å². The van der Waals surface area contributed by atoms with E-state index >= 15 is 0 Å². The molecule has 1 N–H and O–H groups in total. The Morgan fingerprint density at radius 1 is 1.50 bits per heavy atom. The number of hydrogen-bond acceptors (Lipinski definition) is 3. The third-order valence-corrected chi connectivity index (χ3v) is 3.40. The second-order valence-corrected chi connectivity index (χ2v) is 4.66. The maximum atomic E-state index is 10.9. The van der Waals surface area contributed by atoms with Crippen molar-refractivity contribution in [2.75, 3.05) is 0 Å². The van der Waals surface area contributed by atoms with E-state index in [0.29, 0.717) is 17.3 Å². The van der Waals surface area contributed by atoms with Crippen molar-refractivity contribution in [3.8, 4) is 5.75 Å². The molecule has 5 nitrogen and oxygen atoms in total. The van der Waals surface area contributed by atoms with E-state index in [9.17, 15) is 4.79 Å². The predicted molar refractivity (Wildman–Crippen MR) is 75.4 cm³/mol. The van der Waals surface area contributed by atoms with Crippen molar-refractivity contribution in [3.63, 3.8) is 0 Å². The average molecular weight is 295 g/mol. The smallest absolute Gasteiger partial charge is 0.335 e. The minimum Gasteiger partial charge on any atom is -0.487 e. The molecule has 0 aliphatic heterocycles. The van der Waals surface area contributed by atoms with Gasteiger partial charge in [0.05, 0.1) is 22.0 Å². The molecule has 20 heavy (non-hydrogen) atoms. The normalized spacial score (nSPS) is 10.6. The minimum absolute atomic E-state index is 0.189. The van der Waals surface area contributed by atoms with Crippen LogP contribution in [0.1, 0.15) is 28.7 Å². The van der Waals surface area contributed by atoms with Crippen LogP contribution in [0.5, 0.6) is 5.75 Å². The van der Waals surface area contributed by atoms with E-state index in [1.807, 2.05) is 13.8 Å². The highest BCUT2D eigenvalue weighted by Gasteiger charge is 2.13. The van der Waals surface area contributed by atoms with Crippen LogP contribution in [-0.4, -0.2) is 20.9 Å². The van der Waals surface area contributed by atoms with Crippen molar-refractivity contribution in [2.45, 2.75) is 27.0 Å². The van der Waals surface area contributed by atoms with Gasteiger partial charge in [0, 0.05) is 6.54 Å². The fourth-order valence-corrected chi connectivity index (χ4v) is 2.07. The molecule has 2 aromatic rings. The summed E-state index contributed by atoms with van der Waals surface area (Å²) < 4.78 is 7.39. The van der Waals surface area contributed by atoms with E-state index in [1.54, 1.807) is 16.8 Å². The lowest BCUT2D eigenvalue weighted by Gasteiger charge is -2.08. The van der Waals surface area contributed by atoms with Gasteiger partial charge in [-0.2, -0.15) is 5.10 Å². The Hall–Kier alpha value is -2.01. The average Bonchev–Trinajstić information content (AvgIpc) is 2.72. The van der Waals surface area contributed by atoms with Gasteiger partial charge in [-0.1, -0.05) is 17.7 Å². The van der Waals surface area contributed by atoms with E-state index in [-0.39, 0.29) is 12.2 Å². The van der Waals surface area contributed by atoms with Crippen molar-refractivity contribution < 1.29 is 14.6 Å². The molecule has 0 spiro atoms. The van der Waals surface area contributed by atoms with Crippen LogP contribution in [0, 0.1) is 6.92 Å². The minimum atomic E-state index is -0.983. The van der Waals surface area contributed by atoms with Gasteiger partial charge in [-0.3, -0.25) is 4.68 Å². The van der Waals surface area contributed by atoms with Gasteiger partial charge in [0.15, 0.2) is 0 Å². The predicted octanol–water partition coefficient (Wildman–Crippen LogP) is 3.14. The highest BCUT2D eigenvalue weighted by Crippen LogP contribution is 2.22. The third kappa shape index (κ3) is 2.93. The van der Waals surface area contributed by atoms with E-state index in [4.69, 9.17) is 21.4 Å². The number of benzene rings is 1. The molecule has 2 rings (SSSR count). The SMILES string of the molecule is CCn1nc(C)c(Cl)c1COc1cccc(C(=O)O)c1. The summed E-state index contributed by atoms with van der Waals surface area (Å²) in [6.45, 7) is 4.75. The van der Waals surface area contributed by atoms with Gasteiger partial charge in [0.25, 0.3) is 0 Å². The van der Waals surface area contributed by atoms with Crippen molar-refractivity contribution in [1.82, 2.24) is 9.78 Å². The zero-order valence-electron chi connectivity index (χ0n) is 11.3. The number of ether oxygens (including phenoxy) is 1. The van der Waals surface area contributed by atoms with Crippen LogP contribution >= 0.6 is 11.6 Å². The van der Waals surface area contributed by atoms with Gasteiger partial charge < -0.3 is 9.84 Å². The molecule has 0 saturated carbocycles. The number of rotatable bonds is 5. The zero-order valence-corrected chi connectivity index (χ0v) is 12.0. The number of nitrogens with zero attached hydrogens (tertiary/aromatic N) is 2. The number of aromatic nitrogens is 2. The van der Waals surface area contributed by atoms with Gasteiger partial charge in [-0.15, -0.1) is 0 Å². The van der Waals surface area contributed by atoms with Crippen LogP contribution in [0.25, 0.3) is 0 Å². The molecule has 6 heteroatoms. The first-order valence-electron chi connectivity index (χ1n) is 6.20. The molecule has 1 aromatic heterocycles. The monoisotopic (exact) mass is 294 g/mol. The van der Waals surface area contributed by atoms with Crippen molar-refractivity contribution >= 4 is 17.6 Å². The quantitative estimate of drug-likeness (QED) is 0.920. The Labute approximate surface area is 121 Å². The van der Waals surface area contributed by atoms with Crippen LogP contribution in [0.2, 0.25) is 5.02 Å². The maximum absolute atomic E-state index is 10.9. The standard InChI is InChI=1S/C14H15ClN2O3/c1-3-17-12(13(15)9(2)16-17)8-20-11-6-4-5-10(7-11)14(18)19/h4-7H,3,8H2,1-2H3,(H,18,19). The zero-order chi connectivity index (χ0) is 14.7. The second-order valence-electron chi connectivity index (χ2n) is 4.28. The summed E-state index contributed by atoms with van der Waals surface area (Å²) in [5.41, 5.74) is 1.73. The van der Waals surface area contributed by atoms with Gasteiger partial charge in [0.2, 0.25) is 0 Å². The number of carbonyl (C=O) groups is 1. The maximum Gasteiger partial charge on any atom is 0.335 e. The van der Waals surface area contributed by atoms with Gasteiger partial charge in [-0.25, -0.2) is 4.79 Å². The summed E-state index contributed by atoms with van der Waals surface area (Å²) in [4.78, 5) is 10.9. The number of halogens is 1. The molecule has 0 unspecified atom stereocenters. The molecule has 106 valence electrons. The number of aromatic carboxylic acids is 1. The van der Waals surface area contributed by atoms with Gasteiger partial charge >= 0.3 is 5.97 Å². The summed E-state index contributed by atoms with van der Waals surface area (Å²) >= 11 is 6.18. The summed E-state index contributed by atoms with van der Waals surface area (Å²) in [7, 11) is 0. The molecule has 1 aromatic carbocycles. The van der Waals surface area contributed by atoms with Crippen LogP contribution in [0.15, 0.2) is 24.3 Å². The molecule has 0 aliphatic rings. The second kappa shape index (κ2) is 5.96. The molecular weight excluding hydrogens is 280 g/mol. The Balaban J connectivity index is 2.16. The Kier molecular flexibility index (Phi) is 4.29. The largest absolute Gasteiger partial charge is 0.487 e. The fourth-order valence-electron chi connectivity index (χ4n) is 1.88. The lowest BCUT2D eigenvalue weighted by Crippen LogP contribution is -2.07. The van der Waals surface area contributed by atoms with Crippen LogP contribution < -0.4 is 4.74 Å². The van der Waals surface area contributed by atoms with Crippen molar-refractivity contribution in [3.05, 3.63) is 46.2 Å². The first kappa shape index (κ1) is 14.4. The first-order chi connectivity index (χ1) is 9.52. The number of hydrogen-bond donors (Lipinski definition) is 1. The third-order valence-electron chi connectivity index (χ3n) is 2.91. The Morgan fingerprint density at radius 3 is 2.90 bits per heavy atom. The lowest BCUT2D eigenvalue weighted by atomic mass is 10.2. The summed E-state index contributed by atoms with van der Waals surface area (Å²) in [6, 6.07) is 6.35. The Morgan fingerprint density at radius 2 is 2.25 bits per heavy atom. The number of carboxylic acids is 1. The molecular formula is C14H15ClN2O3. The highest BCUT2D eigenvalue weighted by molar-refractivity contribution is 6.31. The molecule has 0 fully saturated rings.